The Bertz CT molecular complexity index is 1270. The van der Waals surface area contributed by atoms with Crippen LogP contribution in [0.5, 0.6) is 0 Å². The lowest BCUT2D eigenvalue weighted by molar-refractivity contribution is 0.586. The fraction of sp³-hybridized carbons (Fsp3) is 0.174. The number of hydrogen-bond acceptors (Lipinski definition) is 3. The quantitative estimate of drug-likeness (QED) is 0.503. The van der Waals surface area contributed by atoms with E-state index in [9.17, 15) is 8.42 Å². The predicted octanol–water partition coefficient (Wildman–Crippen LogP) is 4.79. The lowest BCUT2D eigenvalue weighted by Crippen LogP contribution is -2.18. The van der Waals surface area contributed by atoms with Crippen molar-refractivity contribution < 1.29 is 8.42 Å². The first-order valence-electron chi connectivity index (χ1n) is 9.21. The van der Waals surface area contributed by atoms with Crippen LogP contribution in [0, 0.1) is 20.8 Å². The third-order valence-corrected chi connectivity index (χ3v) is 6.98. The molecule has 0 saturated carbocycles. The van der Waals surface area contributed by atoms with E-state index in [4.69, 9.17) is 0 Å². The number of aromatic nitrogens is 2. The van der Waals surface area contributed by atoms with E-state index in [1.165, 1.54) is 3.97 Å². The Kier molecular flexibility index (Phi) is 4.55. The number of imidazole rings is 1. The van der Waals surface area contributed by atoms with Crippen molar-refractivity contribution in [2.75, 3.05) is 0 Å². The van der Waals surface area contributed by atoms with Crippen molar-refractivity contribution in [3.05, 3.63) is 94.8 Å². The molecular weight excluding hydrogens is 368 g/mol. The van der Waals surface area contributed by atoms with Crippen molar-refractivity contribution in [1.82, 2.24) is 8.96 Å². The van der Waals surface area contributed by atoms with Gasteiger partial charge in [0.05, 0.1) is 15.9 Å². The van der Waals surface area contributed by atoms with E-state index < -0.39 is 10.0 Å². The van der Waals surface area contributed by atoms with E-state index in [0.717, 1.165) is 22.3 Å². The van der Waals surface area contributed by atoms with Crippen molar-refractivity contribution in [3.8, 4) is 0 Å². The van der Waals surface area contributed by atoms with Crippen molar-refractivity contribution >= 4 is 21.1 Å². The van der Waals surface area contributed by atoms with Crippen LogP contribution in [0.2, 0.25) is 0 Å². The molecule has 0 atom stereocenters. The minimum atomic E-state index is -3.79. The zero-order chi connectivity index (χ0) is 19.9. The molecule has 28 heavy (non-hydrogen) atoms. The molecule has 0 unspecified atom stereocenters. The number of nitrogens with zero attached hydrogens (tertiary/aromatic N) is 2. The standard InChI is InChI=1S/C23H22N2O2S/c1-16-13-18(3)22(14-17(16)2)28(26,27)25-21-12-8-7-11-20(21)24-23(25)15-19-9-5-4-6-10-19/h4-14H,15H2,1-3H3. The van der Waals surface area contributed by atoms with Gasteiger partial charge in [-0.05, 0) is 61.2 Å². The van der Waals surface area contributed by atoms with Gasteiger partial charge in [0.1, 0.15) is 5.82 Å². The van der Waals surface area contributed by atoms with Gasteiger partial charge in [0, 0.05) is 6.42 Å². The zero-order valence-electron chi connectivity index (χ0n) is 16.2. The summed E-state index contributed by atoms with van der Waals surface area (Å²) in [5.74, 6) is 0.519. The molecule has 0 aliphatic heterocycles. The highest BCUT2D eigenvalue weighted by molar-refractivity contribution is 7.90. The molecule has 0 saturated heterocycles. The second-order valence-electron chi connectivity index (χ2n) is 7.15. The number of para-hydroxylation sites is 2. The molecule has 1 aromatic heterocycles. The van der Waals surface area contributed by atoms with E-state index in [0.29, 0.717) is 28.2 Å². The first kappa shape index (κ1) is 18.4. The summed E-state index contributed by atoms with van der Waals surface area (Å²) in [6, 6.07) is 20.9. The summed E-state index contributed by atoms with van der Waals surface area (Å²) in [7, 11) is -3.79. The fourth-order valence-corrected chi connectivity index (χ4v) is 5.31. The van der Waals surface area contributed by atoms with Crippen molar-refractivity contribution in [1.29, 1.82) is 0 Å². The summed E-state index contributed by atoms with van der Waals surface area (Å²) in [4.78, 5) is 4.98. The molecule has 0 bridgehead atoms. The maximum Gasteiger partial charge on any atom is 0.269 e. The summed E-state index contributed by atoms with van der Waals surface area (Å²) in [5.41, 5.74) is 5.08. The number of rotatable bonds is 4. The van der Waals surface area contributed by atoms with Crippen LogP contribution in [0.25, 0.3) is 11.0 Å². The van der Waals surface area contributed by atoms with Gasteiger partial charge in [-0.1, -0.05) is 48.5 Å². The number of fused-ring (bicyclic) bond motifs is 1. The van der Waals surface area contributed by atoms with Crippen LogP contribution in [0.3, 0.4) is 0 Å². The van der Waals surface area contributed by atoms with Crippen molar-refractivity contribution in [3.63, 3.8) is 0 Å². The minimum absolute atomic E-state index is 0.327. The summed E-state index contributed by atoms with van der Waals surface area (Å²) in [6.07, 6.45) is 0.443. The average molecular weight is 391 g/mol. The maximum atomic E-state index is 13.7. The Morgan fingerprint density at radius 2 is 1.46 bits per heavy atom. The van der Waals surface area contributed by atoms with E-state index in [1.807, 2.05) is 81.4 Å². The Hall–Kier alpha value is -2.92. The van der Waals surface area contributed by atoms with Gasteiger partial charge in [-0.25, -0.2) is 17.4 Å². The Morgan fingerprint density at radius 3 is 2.21 bits per heavy atom. The van der Waals surface area contributed by atoms with Gasteiger partial charge >= 0.3 is 0 Å². The molecule has 4 nitrogen and oxygen atoms in total. The number of aryl methyl sites for hydroxylation is 3. The lowest BCUT2D eigenvalue weighted by Gasteiger charge is -2.14. The second kappa shape index (κ2) is 6.91. The van der Waals surface area contributed by atoms with E-state index in [-0.39, 0.29) is 0 Å². The third kappa shape index (κ3) is 3.12. The van der Waals surface area contributed by atoms with E-state index in [2.05, 4.69) is 4.98 Å². The van der Waals surface area contributed by atoms with E-state index in [1.54, 1.807) is 6.07 Å². The second-order valence-corrected chi connectivity index (χ2v) is 8.91. The maximum absolute atomic E-state index is 13.7. The summed E-state index contributed by atoms with van der Waals surface area (Å²) >= 11 is 0. The number of benzene rings is 3. The Morgan fingerprint density at radius 1 is 0.821 bits per heavy atom. The normalized spacial score (nSPS) is 11.8. The smallest absolute Gasteiger partial charge is 0.232 e. The molecular formula is C23H22N2O2S. The molecule has 142 valence electrons. The van der Waals surface area contributed by atoms with Gasteiger partial charge in [0.25, 0.3) is 10.0 Å². The molecule has 4 aromatic rings. The lowest BCUT2D eigenvalue weighted by atomic mass is 10.1. The molecule has 0 N–H and O–H groups in total. The van der Waals surface area contributed by atoms with Gasteiger partial charge in [-0.2, -0.15) is 0 Å². The third-order valence-electron chi connectivity index (χ3n) is 5.10. The van der Waals surface area contributed by atoms with Gasteiger partial charge < -0.3 is 0 Å². The average Bonchev–Trinajstić information content (AvgIpc) is 3.04. The molecule has 5 heteroatoms. The highest BCUT2D eigenvalue weighted by Gasteiger charge is 2.26. The highest BCUT2D eigenvalue weighted by Crippen LogP contribution is 2.28. The zero-order valence-corrected chi connectivity index (χ0v) is 17.0. The number of hydrogen-bond donors (Lipinski definition) is 0. The monoisotopic (exact) mass is 390 g/mol. The van der Waals surface area contributed by atoms with Crippen LogP contribution in [-0.4, -0.2) is 17.4 Å². The summed E-state index contributed by atoms with van der Waals surface area (Å²) < 4.78 is 28.9. The molecule has 0 amide bonds. The molecule has 4 rings (SSSR count). The molecule has 1 heterocycles. The fourth-order valence-electron chi connectivity index (χ4n) is 3.52. The van der Waals surface area contributed by atoms with Gasteiger partial charge in [0.2, 0.25) is 0 Å². The first-order valence-corrected chi connectivity index (χ1v) is 10.7. The summed E-state index contributed by atoms with van der Waals surface area (Å²) in [5, 5.41) is 0. The summed E-state index contributed by atoms with van der Waals surface area (Å²) in [6.45, 7) is 5.77. The van der Waals surface area contributed by atoms with Crippen LogP contribution in [0.1, 0.15) is 28.1 Å². The van der Waals surface area contributed by atoms with Crippen LogP contribution >= 0.6 is 0 Å². The SMILES string of the molecule is Cc1cc(C)c(S(=O)(=O)n2c(Cc3ccccc3)nc3ccccc32)cc1C. The Balaban J connectivity index is 1.97. The van der Waals surface area contributed by atoms with Crippen LogP contribution in [0.15, 0.2) is 71.6 Å². The molecule has 3 aromatic carbocycles. The van der Waals surface area contributed by atoms with Crippen molar-refractivity contribution in [2.24, 2.45) is 0 Å². The topological polar surface area (TPSA) is 52.0 Å². The Labute approximate surface area is 165 Å². The highest BCUT2D eigenvalue weighted by atomic mass is 32.2. The molecule has 0 aliphatic rings. The molecule has 0 radical (unpaired) electrons. The van der Waals surface area contributed by atoms with Gasteiger partial charge in [-0.15, -0.1) is 0 Å². The van der Waals surface area contributed by atoms with Crippen LogP contribution < -0.4 is 0 Å². The van der Waals surface area contributed by atoms with Gasteiger partial charge in [0.15, 0.2) is 0 Å². The minimum Gasteiger partial charge on any atom is -0.232 e. The molecule has 0 spiro atoms. The first-order chi connectivity index (χ1) is 13.4. The van der Waals surface area contributed by atoms with Crippen molar-refractivity contribution in [2.45, 2.75) is 32.1 Å². The predicted molar refractivity (Wildman–Crippen MR) is 112 cm³/mol. The largest absolute Gasteiger partial charge is 0.269 e. The molecule has 0 aliphatic carbocycles. The molecule has 0 fully saturated rings. The van der Waals surface area contributed by atoms with Crippen LogP contribution in [-0.2, 0) is 16.4 Å². The van der Waals surface area contributed by atoms with Crippen LogP contribution in [0.4, 0.5) is 0 Å². The van der Waals surface area contributed by atoms with Gasteiger partial charge in [-0.3, -0.25) is 0 Å². The van der Waals surface area contributed by atoms with E-state index >= 15 is 0 Å².